The number of hydrogen-bond acceptors (Lipinski definition) is 3. The Morgan fingerprint density at radius 3 is 3.12 bits per heavy atom. The van der Waals surface area contributed by atoms with Crippen molar-refractivity contribution in [2.24, 2.45) is 0 Å². The van der Waals surface area contributed by atoms with E-state index in [4.69, 9.17) is 4.74 Å². The fraction of sp³-hybridized carbons (Fsp3) is 0.167. The fourth-order valence-electron chi connectivity index (χ4n) is 1.28. The minimum atomic E-state index is 0.385. The minimum Gasteiger partial charge on any atom is -0.479 e. The first kappa shape index (κ1) is 10.9. The average Bonchev–Trinajstić information content (AvgIpc) is 2.30. The smallest absolute Gasteiger partial charge is 0.149 e. The molecule has 2 aromatic heterocycles. The van der Waals surface area contributed by atoms with Crippen LogP contribution in [0.4, 0.5) is 0 Å². The third-order valence-electron chi connectivity index (χ3n) is 2.02. The van der Waals surface area contributed by atoms with E-state index in [1.54, 1.807) is 19.3 Å². The van der Waals surface area contributed by atoms with Crippen LogP contribution in [-0.4, -0.2) is 16.6 Å². The van der Waals surface area contributed by atoms with E-state index in [0.717, 1.165) is 15.5 Å². The number of rotatable bonds is 2. The van der Waals surface area contributed by atoms with Crippen LogP contribution < -0.4 is 4.74 Å². The quantitative estimate of drug-likeness (QED) is 0.625. The van der Waals surface area contributed by atoms with Crippen molar-refractivity contribution in [2.45, 2.75) is 6.92 Å². The van der Waals surface area contributed by atoms with Gasteiger partial charge in [0.1, 0.15) is 22.5 Å². The molecule has 0 unspecified atom stereocenters. The maximum atomic E-state index is 5.42. The molecule has 4 heteroatoms. The SMILES string of the molecule is CC#CCOc1cnc2c(Br)nccc2c1. The number of fused-ring (bicyclic) bond motifs is 1. The lowest BCUT2D eigenvalue weighted by atomic mass is 10.2. The molecule has 2 heterocycles. The molecule has 3 nitrogen and oxygen atoms in total. The van der Waals surface area contributed by atoms with Crippen LogP contribution in [0.25, 0.3) is 10.9 Å². The van der Waals surface area contributed by atoms with E-state index in [0.29, 0.717) is 12.4 Å². The molecule has 0 aliphatic carbocycles. The second kappa shape index (κ2) is 4.95. The molecule has 0 saturated carbocycles. The Hall–Kier alpha value is -1.60. The molecule has 0 atom stereocenters. The van der Waals surface area contributed by atoms with Crippen LogP contribution in [0.1, 0.15) is 6.92 Å². The number of pyridine rings is 2. The zero-order valence-corrected chi connectivity index (χ0v) is 10.3. The van der Waals surface area contributed by atoms with Gasteiger partial charge in [-0.15, -0.1) is 5.92 Å². The van der Waals surface area contributed by atoms with Crippen molar-refractivity contribution < 1.29 is 4.74 Å². The molecule has 0 aromatic carbocycles. The number of hydrogen-bond donors (Lipinski definition) is 0. The molecule has 0 aliphatic rings. The Morgan fingerprint density at radius 1 is 1.44 bits per heavy atom. The van der Waals surface area contributed by atoms with E-state index >= 15 is 0 Å². The molecule has 0 amide bonds. The largest absolute Gasteiger partial charge is 0.479 e. The first-order valence-electron chi connectivity index (χ1n) is 4.74. The normalized spacial score (nSPS) is 9.62. The van der Waals surface area contributed by atoms with Crippen LogP contribution in [0, 0.1) is 11.8 Å². The van der Waals surface area contributed by atoms with Gasteiger partial charge in [0.2, 0.25) is 0 Å². The van der Waals surface area contributed by atoms with Crippen molar-refractivity contribution in [1.29, 1.82) is 0 Å². The van der Waals surface area contributed by atoms with E-state index in [1.165, 1.54) is 0 Å². The van der Waals surface area contributed by atoms with Crippen molar-refractivity contribution in [2.75, 3.05) is 6.61 Å². The zero-order chi connectivity index (χ0) is 11.4. The Labute approximate surface area is 102 Å². The van der Waals surface area contributed by atoms with Crippen molar-refractivity contribution in [3.63, 3.8) is 0 Å². The summed E-state index contributed by atoms with van der Waals surface area (Å²) in [6, 6.07) is 3.82. The van der Waals surface area contributed by atoms with E-state index in [2.05, 4.69) is 37.7 Å². The van der Waals surface area contributed by atoms with E-state index in [1.807, 2.05) is 12.1 Å². The van der Waals surface area contributed by atoms with E-state index in [9.17, 15) is 0 Å². The van der Waals surface area contributed by atoms with Gasteiger partial charge in [-0.2, -0.15) is 0 Å². The lowest BCUT2D eigenvalue weighted by Crippen LogP contribution is -1.94. The van der Waals surface area contributed by atoms with Gasteiger partial charge in [0, 0.05) is 11.6 Å². The van der Waals surface area contributed by atoms with Gasteiger partial charge in [-0.3, -0.25) is 0 Å². The summed E-state index contributed by atoms with van der Waals surface area (Å²) >= 11 is 3.35. The summed E-state index contributed by atoms with van der Waals surface area (Å²) in [5, 5.41) is 0.990. The third-order valence-corrected chi connectivity index (χ3v) is 2.60. The summed E-state index contributed by atoms with van der Waals surface area (Å²) in [7, 11) is 0. The highest BCUT2D eigenvalue weighted by Crippen LogP contribution is 2.22. The zero-order valence-electron chi connectivity index (χ0n) is 8.70. The number of ether oxygens (including phenoxy) is 1. The summed E-state index contributed by atoms with van der Waals surface area (Å²) in [5.74, 6) is 6.32. The first-order chi connectivity index (χ1) is 7.81. The summed E-state index contributed by atoms with van der Waals surface area (Å²) in [5.41, 5.74) is 0.830. The molecular weight excluding hydrogens is 268 g/mol. The molecule has 2 rings (SSSR count). The lowest BCUT2D eigenvalue weighted by molar-refractivity contribution is 0.369. The number of halogens is 1. The summed E-state index contributed by atoms with van der Waals surface area (Å²) in [6.07, 6.45) is 3.40. The minimum absolute atomic E-state index is 0.385. The monoisotopic (exact) mass is 276 g/mol. The molecule has 2 aromatic rings. The first-order valence-corrected chi connectivity index (χ1v) is 5.53. The molecule has 0 fully saturated rings. The second-order valence-electron chi connectivity index (χ2n) is 3.06. The predicted molar refractivity (Wildman–Crippen MR) is 66.2 cm³/mol. The highest BCUT2D eigenvalue weighted by Gasteiger charge is 2.02. The van der Waals surface area contributed by atoms with Crippen LogP contribution in [0.15, 0.2) is 29.1 Å². The Morgan fingerprint density at radius 2 is 2.31 bits per heavy atom. The Bertz CT molecular complexity index is 572. The molecule has 0 saturated heterocycles. The Balaban J connectivity index is 2.32. The van der Waals surface area contributed by atoms with Crippen LogP contribution in [0.3, 0.4) is 0 Å². The fourth-order valence-corrected chi connectivity index (χ4v) is 1.73. The maximum absolute atomic E-state index is 5.42. The Kier molecular flexibility index (Phi) is 3.37. The molecule has 0 N–H and O–H groups in total. The molecular formula is C12H9BrN2O. The van der Waals surface area contributed by atoms with Gasteiger partial charge in [-0.05, 0) is 35.0 Å². The summed E-state index contributed by atoms with van der Waals surface area (Å²) in [6.45, 7) is 2.17. The highest BCUT2D eigenvalue weighted by molar-refractivity contribution is 9.10. The molecule has 80 valence electrons. The van der Waals surface area contributed by atoms with Gasteiger partial charge in [0.25, 0.3) is 0 Å². The highest BCUT2D eigenvalue weighted by atomic mass is 79.9. The lowest BCUT2D eigenvalue weighted by Gasteiger charge is -2.03. The molecule has 0 radical (unpaired) electrons. The van der Waals surface area contributed by atoms with Gasteiger partial charge < -0.3 is 4.74 Å². The molecule has 0 aliphatic heterocycles. The molecule has 0 bridgehead atoms. The maximum Gasteiger partial charge on any atom is 0.149 e. The number of nitrogens with zero attached hydrogens (tertiary/aromatic N) is 2. The molecule has 16 heavy (non-hydrogen) atoms. The van der Waals surface area contributed by atoms with Crippen molar-refractivity contribution in [3.8, 4) is 17.6 Å². The van der Waals surface area contributed by atoms with Crippen LogP contribution >= 0.6 is 15.9 Å². The van der Waals surface area contributed by atoms with Gasteiger partial charge in [-0.1, -0.05) is 5.92 Å². The van der Waals surface area contributed by atoms with Gasteiger partial charge >= 0.3 is 0 Å². The van der Waals surface area contributed by atoms with Crippen LogP contribution in [0.5, 0.6) is 5.75 Å². The van der Waals surface area contributed by atoms with Crippen molar-refractivity contribution in [3.05, 3.63) is 29.1 Å². The number of aromatic nitrogens is 2. The average molecular weight is 277 g/mol. The molecule has 0 spiro atoms. The standard InChI is InChI=1S/C12H9BrN2O/c1-2-3-6-16-10-7-9-4-5-14-12(13)11(9)15-8-10/h4-5,7-8H,6H2,1H3. The van der Waals surface area contributed by atoms with Gasteiger partial charge in [0.05, 0.1) is 6.20 Å². The summed E-state index contributed by atoms with van der Waals surface area (Å²) < 4.78 is 6.16. The topological polar surface area (TPSA) is 35.0 Å². The predicted octanol–water partition coefficient (Wildman–Crippen LogP) is 2.79. The van der Waals surface area contributed by atoms with E-state index in [-0.39, 0.29) is 0 Å². The van der Waals surface area contributed by atoms with Crippen LogP contribution in [0.2, 0.25) is 0 Å². The van der Waals surface area contributed by atoms with E-state index < -0.39 is 0 Å². The van der Waals surface area contributed by atoms with Gasteiger partial charge in [0.15, 0.2) is 0 Å². The van der Waals surface area contributed by atoms with Gasteiger partial charge in [-0.25, -0.2) is 9.97 Å². The van der Waals surface area contributed by atoms with Crippen molar-refractivity contribution >= 4 is 26.8 Å². The van der Waals surface area contributed by atoms with Crippen molar-refractivity contribution in [1.82, 2.24) is 9.97 Å². The summed E-state index contributed by atoms with van der Waals surface area (Å²) in [4.78, 5) is 8.38. The van der Waals surface area contributed by atoms with Crippen LogP contribution in [-0.2, 0) is 0 Å². The third kappa shape index (κ3) is 2.31. The second-order valence-corrected chi connectivity index (χ2v) is 3.81.